The third-order valence-corrected chi connectivity index (χ3v) is 4.00. The van der Waals surface area contributed by atoms with E-state index in [0.29, 0.717) is 19.2 Å². The lowest BCUT2D eigenvalue weighted by molar-refractivity contribution is -0.144. The van der Waals surface area contributed by atoms with Crippen molar-refractivity contribution in [2.75, 3.05) is 33.3 Å². The molecule has 0 aromatic carbocycles. The molecular formula is C16H23N3O4. The third-order valence-electron chi connectivity index (χ3n) is 4.00. The highest BCUT2D eigenvalue weighted by atomic mass is 16.5. The van der Waals surface area contributed by atoms with Gasteiger partial charge < -0.3 is 9.84 Å². The van der Waals surface area contributed by atoms with Crippen molar-refractivity contribution < 1.29 is 19.4 Å². The molecule has 0 aliphatic carbocycles. The number of likely N-dealkylation sites (N-methyl/N-ethyl adjacent to an activating group) is 1. The number of aromatic nitrogens is 1. The van der Waals surface area contributed by atoms with E-state index in [-0.39, 0.29) is 11.7 Å². The molecule has 1 atom stereocenters. The number of hydrogen-bond donors (Lipinski definition) is 1. The first-order chi connectivity index (χ1) is 11.0. The van der Waals surface area contributed by atoms with Crippen LogP contribution in [0.4, 0.5) is 0 Å². The Bertz CT molecular complexity index is 547. The average Bonchev–Trinajstić information content (AvgIpc) is 2.96. The van der Waals surface area contributed by atoms with Gasteiger partial charge in [-0.2, -0.15) is 0 Å². The summed E-state index contributed by atoms with van der Waals surface area (Å²) in [5.74, 6) is -1.21. The van der Waals surface area contributed by atoms with Crippen molar-refractivity contribution in [2.24, 2.45) is 0 Å². The van der Waals surface area contributed by atoms with Gasteiger partial charge in [0.05, 0.1) is 13.2 Å². The van der Waals surface area contributed by atoms with Crippen LogP contribution in [-0.2, 0) is 16.1 Å². The van der Waals surface area contributed by atoms with Gasteiger partial charge in [0.1, 0.15) is 5.69 Å². The molecule has 1 fully saturated rings. The van der Waals surface area contributed by atoms with Gasteiger partial charge >= 0.3 is 11.9 Å². The molecule has 0 saturated carbocycles. The summed E-state index contributed by atoms with van der Waals surface area (Å²) in [5.41, 5.74) is 1.05. The number of nitrogens with zero attached hydrogens (tertiary/aromatic N) is 3. The van der Waals surface area contributed by atoms with E-state index in [0.717, 1.165) is 31.6 Å². The molecule has 1 aliphatic rings. The zero-order valence-corrected chi connectivity index (χ0v) is 13.6. The second kappa shape index (κ2) is 8.03. The summed E-state index contributed by atoms with van der Waals surface area (Å²) >= 11 is 0. The van der Waals surface area contributed by atoms with E-state index in [1.54, 1.807) is 19.2 Å². The number of carboxylic acid groups (broad SMARTS) is 1. The van der Waals surface area contributed by atoms with Crippen molar-refractivity contribution in [1.29, 1.82) is 0 Å². The quantitative estimate of drug-likeness (QED) is 0.745. The smallest absolute Gasteiger partial charge is 0.354 e. The average molecular weight is 321 g/mol. The summed E-state index contributed by atoms with van der Waals surface area (Å²) in [5, 5.41) is 8.85. The number of hydrogen-bond acceptors (Lipinski definition) is 6. The van der Waals surface area contributed by atoms with Crippen molar-refractivity contribution in [3.05, 3.63) is 29.6 Å². The number of esters is 1. The van der Waals surface area contributed by atoms with Gasteiger partial charge in [-0.3, -0.25) is 14.6 Å². The standard InChI is InChI=1S/C16H23N3O4/c1-3-23-15(20)11-18(2)13-6-7-19(10-13)9-12-4-5-14(16(21)22)17-8-12/h4-5,8,13H,3,6-7,9-11H2,1-2H3,(H,21,22)/t13-/m1/s1. The lowest BCUT2D eigenvalue weighted by Gasteiger charge is -2.23. The Hall–Kier alpha value is -1.99. The minimum Gasteiger partial charge on any atom is -0.477 e. The fourth-order valence-corrected chi connectivity index (χ4v) is 2.76. The molecule has 0 spiro atoms. The Labute approximate surface area is 135 Å². The van der Waals surface area contributed by atoms with Crippen molar-refractivity contribution in [3.63, 3.8) is 0 Å². The van der Waals surface area contributed by atoms with E-state index >= 15 is 0 Å². The first-order valence-corrected chi connectivity index (χ1v) is 7.76. The molecular weight excluding hydrogens is 298 g/mol. The van der Waals surface area contributed by atoms with E-state index in [2.05, 4.69) is 9.88 Å². The number of carbonyl (C=O) groups excluding carboxylic acids is 1. The Morgan fingerprint density at radius 1 is 1.48 bits per heavy atom. The Balaban J connectivity index is 1.82. The number of pyridine rings is 1. The van der Waals surface area contributed by atoms with Gasteiger partial charge in [-0.1, -0.05) is 6.07 Å². The van der Waals surface area contributed by atoms with Crippen LogP contribution >= 0.6 is 0 Å². The highest BCUT2D eigenvalue weighted by Crippen LogP contribution is 2.17. The number of carboxylic acids is 1. The van der Waals surface area contributed by atoms with Crippen LogP contribution in [0.5, 0.6) is 0 Å². The molecule has 0 amide bonds. The largest absolute Gasteiger partial charge is 0.477 e. The molecule has 1 N–H and O–H groups in total. The number of aromatic carboxylic acids is 1. The second-order valence-corrected chi connectivity index (χ2v) is 5.75. The Kier molecular flexibility index (Phi) is 6.06. The summed E-state index contributed by atoms with van der Waals surface area (Å²) in [6.07, 6.45) is 2.61. The van der Waals surface area contributed by atoms with E-state index < -0.39 is 5.97 Å². The lowest BCUT2D eigenvalue weighted by Crippen LogP contribution is -2.38. The molecule has 0 bridgehead atoms. The maximum absolute atomic E-state index is 11.5. The molecule has 0 unspecified atom stereocenters. The van der Waals surface area contributed by atoms with Crippen molar-refractivity contribution in [2.45, 2.75) is 25.9 Å². The molecule has 2 heterocycles. The summed E-state index contributed by atoms with van der Waals surface area (Å²) in [6.45, 7) is 5.06. The summed E-state index contributed by atoms with van der Waals surface area (Å²) in [7, 11) is 1.94. The molecule has 1 aromatic rings. The summed E-state index contributed by atoms with van der Waals surface area (Å²) in [6, 6.07) is 3.65. The van der Waals surface area contributed by atoms with Gasteiger partial charge in [0.2, 0.25) is 0 Å². The highest BCUT2D eigenvalue weighted by molar-refractivity contribution is 5.85. The molecule has 2 rings (SSSR count). The molecule has 126 valence electrons. The van der Waals surface area contributed by atoms with E-state index in [1.165, 1.54) is 6.07 Å². The second-order valence-electron chi connectivity index (χ2n) is 5.75. The summed E-state index contributed by atoms with van der Waals surface area (Å²) in [4.78, 5) is 30.6. The van der Waals surface area contributed by atoms with Crippen molar-refractivity contribution in [1.82, 2.24) is 14.8 Å². The Morgan fingerprint density at radius 3 is 2.87 bits per heavy atom. The number of rotatable bonds is 7. The van der Waals surface area contributed by atoms with Gasteiger partial charge in [-0.25, -0.2) is 9.78 Å². The SMILES string of the molecule is CCOC(=O)CN(C)[C@@H]1CCN(Cc2ccc(C(=O)O)nc2)C1. The topological polar surface area (TPSA) is 83.0 Å². The minimum absolute atomic E-state index is 0.0576. The number of ether oxygens (including phenoxy) is 1. The van der Waals surface area contributed by atoms with Gasteiger partial charge in [0, 0.05) is 31.9 Å². The maximum atomic E-state index is 11.5. The van der Waals surface area contributed by atoms with Gasteiger partial charge in [0.25, 0.3) is 0 Å². The minimum atomic E-state index is -1.02. The van der Waals surface area contributed by atoms with Crippen molar-refractivity contribution in [3.8, 4) is 0 Å². The van der Waals surface area contributed by atoms with Gasteiger partial charge in [-0.15, -0.1) is 0 Å². The predicted molar refractivity (Wildman–Crippen MR) is 84.1 cm³/mol. The number of likely N-dealkylation sites (tertiary alicyclic amines) is 1. The van der Waals surface area contributed by atoms with Crippen LogP contribution in [-0.4, -0.2) is 71.2 Å². The first kappa shape index (κ1) is 17.4. The van der Waals surface area contributed by atoms with Crippen LogP contribution in [0.3, 0.4) is 0 Å². The van der Waals surface area contributed by atoms with Crippen LogP contribution < -0.4 is 0 Å². The highest BCUT2D eigenvalue weighted by Gasteiger charge is 2.27. The molecule has 1 saturated heterocycles. The van der Waals surface area contributed by atoms with Crippen LogP contribution in [0.15, 0.2) is 18.3 Å². The lowest BCUT2D eigenvalue weighted by atomic mass is 10.2. The normalized spacial score (nSPS) is 18.3. The molecule has 1 aromatic heterocycles. The molecule has 7 nitrogen and oxygen atoms in total. The fourth-order valence-electron chi connectivity index (χ4n) is 2.76. The fraction of sp³-hybridized carbons (Fsp3) is 0.562. The van der Waals surface area contributed by atoms with E-state index in [4.69, 9.17) is 9.84 Å². The molecule has 23 heavy (non-hydrogen) atoms. The van der Waals surface area contributed by atoms with E-state index in [9.17, 15) is 9.59 Å². The van der Waals surface area contributed by atoms with Crippen LogP contribution in [0, 0.1) is 0 Å². The zero-order chi connectivity index (χ0) is 16.8. The monoisotopic (exact) mass is 321 g/mol. The predicted octanol–water partition coefficient (Wildman–Crippen LogP) is 0.849. The molecule has 7 heteroatoms. The van der Waals surface area contributed by atoms with Gasteiger partial charge in [-0.05, 0) is 32.0 Å². The zero-order valence-electron chi connectivity index (χ0n) is 13.6. The third kappa shape index (κ3) is 5.01. The van der Waals surface area contributed by atoms with E-state index in [1.807, 2.05) is 11.9 Å². The Morgan fingerprint density at radius 2 is 2.26 bits per heavy atom. The first-order valence-electron chi connectivity index (χ1n) is 7.76. The summed E-state index contributed by atoms with van der Waals surface area (Å²) < 4.78 is 4.97. The van der Waals surface area contributed by atoms with Crippen molar-refractivity contribution >= 4 is 11.9 Å². The molecule has 0 radical (unpaired) electrons. The van der Waals surface area contributed by atoms with Crippen LogP contribution in [0.1, 0.15) is 29.4 Å². The van der Waals surface area contributed by atoms with Crippen LogP contribution in [0.2, 0.25) is 0 Å². The van der Waals surface area contributed by atoms with Gasteiger partial charge in [0.15, 0.2) is 0 Å². The maximum Gasteiger partial charge on any atom is 0.354 e. The van der Waals surface area contributed by atoms with Crippen LogP contribution in [0.25, 0.3) is 0 Å². The number of carbonyl (C=O) groups is 2. The molecule has 1 aliphatic heterocycles.